The molecule has 1 heterocycles. The summed E-state index contributed by atoms with van der Waals surface area (Å²) in [5.41, 5.74) is 3.33. The topological polar surface area (TPSA) is 49.4 Å². The summed E-state index contributed by atoms with van der Waals surface area (Å²) in [6, 6.07) is 18.0. The van der Waals surface area contributed by atoms with E-state index in [9.17, 15) is 9.59 Å². The lowest BCUT2D eigenvalue weighted by Crippen LogP contribution is -2.42. The fourth-order valence-electron chi connectivity index (χ4n) is 3.24. The molecule has 1 aliphatic rings. The summed E-state index contributed by atoms with van der Waals surface area (Å²) in [6.45, 7) is 3.85. The van der Waals surface area contributed by atoms with Crippen LogP contribution in [0.15, 0.2) is 60.7 Å². The van der Waals surface area contributed by atoms with Crippen LogP contribution in [0.1, 0.15) is 29.5 Å². The van der Waals surface area contributed by atoms with Gasteiger partial charge in [-0.1, -0.05) is 60.2 Å². The van der Waals surface area contributed by atoms with Crippen molar-refractivity contribution in [3.05, 3.63) is 77.4 Å². The highest BCUT2D eigenvalue weighted by Crippen LogP contribution is 2.18. The Morgan fingerprint density at radius 3 is 2.37 bits per heavy atom. The highest BCUT2D eigenvalue weighted by atomic mass is 16.2. The van der Waals surface area contributed by atoms with E-state index < -0.39 is 0 Å². The van der Waals surface area contributed by atoms with Crippen molar-refractivity contribution in [3.63, 3.8) is 0 Å². The molecule has 0 atom stereocenters. The second-order valence-corrected chi connectivity index (χ2v) is 7.05. The summed E-state index contributed by atoms with van der Waals surface area (Å²) in [5.74, 6) is 0.0810. The van der Waals surface area contributed by atoms with E-state index in [0.717, 1.165) is 11.1 Å². The smallest absolute Gasteiger partial charge is 0.246 e. The molecule has 0 unspecified atom stereocenters. The number of carbonyl (C=O) groups excluding carboxylic acids is 2. The first-order valence-corrected chi connectivity index (χ1v) is 9.47. The van der Waals surface area contributed by atoms with Crippen LogP contribution in [0, 0.1) is 12.8 Å². The van der Waals surface area contributed by atoms with Gasteiger partial charge in [0.2, 0.25) is 11.8 Å². The van der Waals surface area contributed by atoms with Crippen molar-refractivity contribution in [2.45, 2.75) is 26.3 Å². The van der Waals surface area contributed by atoms with E-state index in [1.165, 1.54) is 5.56 Å². The Morgan fingerprint density at radius 1 is 1.04 bits per heavy atom. The zero-order valence-corrected chi connectivity index (χ0v) is 15.7. The number of hydrogen-bond donors (Lipinski definition) is 1. The van der Waals surface area contributed by atoms with Crippen LogP contribution < -0.4 is 5.32 Å². The second kappa shape index (κ2) is 9.17. The molecule has 0 saturated carbocycles. The van der Waals surface area contributed by atoms with Gasteiger partial charge in [-0.05, 0) is 37.0 Å². The van der Waals surface area contributed by atoms with Crippen LogP contribution in [0.5, 0.6) is 0 Å². The van der Waals surface area contributed by atoms with Crippen molar-refractivity contribution in [2.24, 2.45) is 5.92 Å². The Morgan fingerprint density at radius 2 is 1.70 bits per heavy atom. The van der Waals surface area contributed by atoms with Gasteiger partial charge in [-0.15, -0.1) is 0 Å². The fourth-order valence-corrected chi connectivity index (χ4v) is 3.24. The summed E-state index contributed by atoms with van der Waals surface area (Å²) in [4.78, 5) is 26.5. The molecule has 0 spiro atoms. The zero-order valence-electron chi connectivity index (χ0n) is 15.7. The van der Waals surface area contributed by atoms with Gasteiger partial charge in [0, 0.05) is 31.6 Å². The lowest BCUT2D eigenvalue weighted by molar-refractivity contribution is -0.132. The van der Waals surface area contributed by atoms with Crippen LogP contribution >= 0.6 is 0 Å². The Bertz CT molecular complexity index is 789. The van der Waals surface area contributed by atoms with Gasteiger partial charge in [0.05, 0.1) is 0 Å². The molecule has 140 valence electrons. The summed E-state index contributed by atoms with van der Waals surface area (Å²) < 4.78 is 0. The maximum atomic E-state index is 12.4. The quantitative estimate of drug-likeness (QED) is 0.827. The van der Waals surface area contributed by atoms with Crippen LogP contribution in [0.3, 0.4) is 0 Å². The number of benzene rings is 2. The Hall–Kier alpha value is -2.88. The van der Waals surface area contributed by atoms with Gasteiger partial charge in [-0.3, -0.25) is 9.59 Å². The highest BCUT2D eigenvalue weighted by Gasteiger charge is 2.26. The van der Waals surface area contributed by atoms with Crippen LogP contribution in [0.4, 0.5) is 0 Å². The minimum absolute atomic E-state index is 0.0115. The molecular weight excluding hydrogens is 336 g/mol. The van der Waals surface area contributed by atoms with E-state index in [1.807, 2.05) is 60.4 Å². The maximum Gasteiger partial charge on any atom is 0.246 e. The third-order valence-corrected chi connectivity index (χ3v) is 4.98. The van der Waals surface area contributed by atoms with Gasteiger partial charge in [-0.25, -0.2) is 0 Å². The number of nitrogens with one attached hydrogen (secondary N) is 1. The standard InChI is InChI=1S/C23H26N2O2/c1-18-7-9-20(10-8-18)17-24-23(27)21-13-15-25(16-14-21)22(26)12-11-19-5-3-2-4-6-19/h2-12,21H,13-17H2,1H3,(H,24,27)/b12-11+. The van der Waals surface area contributed by atoms with Crippen molar-refractivity contribution in [1.29, 1.82) is 0 Å². The highest BCUT2D eigenvalue weighted by molar-refractivity contribution is 5.92. The van der Waals surface area contributed by atoms with Gasteiger partial charge >= 0.3 is 0 Å². The van der Waals surface area contributed by atoms with E-state index in [-0.39, 0.29) is 17.7 Å². The molecule has 0 bridgehead atoms. The SMILES string of the molecule is Cc1ccc(CNC(=O)C2CCN(C(=O)/C=C/c3ccccc3)CC2)cc1. The van der Waals surface area contributed by atoms with E-state index in [2.05, 4.69) is 17.4 Å². The number of aryl methyl sites for hydroxylation is 1. The second-order valence-electron chi connectivity index (χ2n) is 7.05. The summed E-state index contributed by atoms with van der Waals surface area (Å²) >= 11 is 0. The predicted octanol–water partition coefficient (Wildman–Crippen LogP) is 3.56. The van der Waals surface area contributed by atoms with Gasteiger partial charge in [0.15, 0.2) is 0 Å². The number of nitrogens with zero attached hydrogens (tertiary/aromatic N) is 1. The Kier molecular flexibility index (Phi) is 6.42. The predicted molar refractivity (Wildman–Crippen MR) is 108 cm³/mol. The maximum absolute atomic E-state index is 12.4. The normalized spacial score (nSPS) is 15.1. The first-order valence-electron chi connectivity index (χ1n) is 9.47. The van der Waals surface area contributed by atoms with Gasteiger partial charge in [0.25, 0.3) is 0 Å². The fraction of sp³-hybridized carbons (Fsp3) is 0.304. The molecule has 1 fully saturated rings. The first kappa shape index (κ1) is 18.9. The largest absolute Gasteiger partial charge is 0.352 e. The zero-order chi connectivity index (χ0) is 19.1. The Balaban J connectivity index is 1.43. The van der Waals surface area contributed by atoms with Crippen LogP contribution in [-0.2, 0) is 16.1 Å². The molecule has 3 rings (SSSR count). The molecule has 2 aromatic rings. The third-order valence-electron chi connectivity index (χ3n) is 4.98. The van der Waals surface area contributed by atoms with Crippen LogP contribution in [0.25, 0.3) is 6.08 Å². The number of amides is 2. The summed E-state index contributed by atoms with van der Waals surface area (Å²) in [6.07, 6.45) is 4.88. The molecule has 4 nitrogen and oxygen atoms in total. The molecule has 1 N–H and O–H groups in total. The first-order chi connectivity index (χ1) is 13.1. The molecule has 2 aromatic carbocycles. The number of hydrogen-bond acceptors (Lipinski definition) is 2. The summed E-state index contributed by atoms with van der Waals surface area (Å²) in [5, 5.41) is 3.02. The number of carbonyl (C=O) groups is 2. The van der Waals surface area contributed by atoms with E-state index in [0.29, 0.717) is 32.5 Å². The van der Waals surface area contributed by atoms with Crippen molar-refractivity contribution >= 4 is 17.9 Å². The molecule has 4 heteroatoms. The molecule has 0 aliphatic carbocycles. The summed E-state index contributed by atoms with van der Waals surface area (Å²) in [7, 11) is 0. The third kappa shape index (κ3) is 5.55. The van der Waals surface area contributed by atoms with E-state index in [4.69, 9.17) is 0 Å². The molecule has 0 radical (unpaired) electrons. The van der Waals surface area contributed by atoms with Gasteiger partial charge in [-0.2, -0.15) is 0 Å². The number of rotatable bonds is 5. The average Bonchev–Trinajstić information content (AvgIpc) is 2.72. The molecule has 1 saturated heterocycles. The molecular formula is C23H26N2O2. The van der Waals surface area contributed by atoms with Gasteiger partial charge < -0.3 is 10.2 Å². The molecule has 2 amide bonds. The van der Waals surface area contributed by atoms with Crippen molar-refractivity contribution in [1.82, 2.24) is 10.2 Å². The number of piperidine rings is 1. The van der Waals surface area contributed by atoms with E-state index in [1.54, 1.807) is 6.08 Å². The Labute approximate surface area is 160 Å². The van der Waals surface area contributed by atoms with Gasteiger partial charge in [0.1, 0.15) is 0 Å². The molecule has 27 heavy (non-hydrogen) atoms. The lowest BCUT2D eigenvalue weighted by Gasteiger charge is -2.30. The van der Waals surface area contributed by atoms with Crippen molar-refractivity contribution in [2.75, 3.05) is 13.1 Å². The van der Waals surface area contributed by atoms with Crippen LogP contribution in [0.2, 0.25) is 0 Å². The van der Waals surface area contributed by atoms with Crippen LogP contribution in [-0.4, -0.2) is 29.8 Å². The minimum Gasteiger partial charge on any atom is -0.352 e. The molecule has 1 aliphatic heterocycles. The van der Waals surface area contributed by atoms with E-state index >= 15 is 0 Å². The van der Waals surface area contributed by atoms with Crippen molar-refractivity contribution in [3.8, 4) is 0 Å². The number of likely N-dealkylation sites (tertiary alicyclic amines) is 1. The van der Waals surface area contributed by atoms with Crippen molar-refractivity contribution < 1.29 is 9.59 Å². The molecule has 0 aromatic heterocycles. The lowest BCUT2D eigenvalue weighted by atomic mass is 9.95. The average molecular weight is 362 g/mol. The monoisotopic (exact) mass is 362 g/mol. The minimum atomic E-state index is -0.0161.